The molecular weight excluding hydrogens is 412 g/mol. The quantitative estimate of drug-likeness (QED) is 0.417. The van der Waals surface area contributed by atoms with Crippen LogP contribution >= 0.6 is 0 Å². The van der Waals surface area contributed by atoms with Gasteiger partial charge < -0.3 is 10.4 Å². The Labute approximate surface area is 191 Å². The van der Waals surface area contributed by atoms with Crippen molar-refractivity contribution in [2.45, 2.75) is 19.9 Å². The fourth-order valence-corrected chi connectivity index (χ4v) is 4.51. The monoisotopic (exact) mass is 436 g/mol. The van der Waals surface area contributed by atoms with Crippen molar-refractivity contribution in [3.8, 4) is 5.75 Å². The number of amides is 1. The number of hydrogen-bond donors (Lipinski definition) is 2. The van der Waals surface area contributed by atoms with E-state index in [0.717, 1.165) is 33.1 Å². The summed E-state index contributed by atoms with van der Waals surface area (Å²) in [5.74, 6) is -0.112. The Balaban J connectivity index is 1.68. The first-order chi connectivity index (χ1) is 15.9. The molecule has 0 aliphatic carbocycles. The summed E-state index contributed by atoms with van der Waals surface area (Å²) in [4.78, 5) is 18.3. The van der Waals surface area contributed by atoms with Crippen LogP contribution in [-0.2, 0) is 7.05 Å². The predicted octanol–water partition coefficient (Wildman–Crippen LogP) is 4.96. The second kappa shape index (κ2) is 8.06. The SMILES string of the molecule is Cc1cc(C(=O)NC(c2ccccc2)c2c(O)ccc3ccccc23)c2c(C)nn(C)c2n1. The zero-order valence-electron chi connectivity index (χ0n) is 18.7. The highest BCUT2D eigenvalue weighted by atomic mass is 16.3. The summed E-state index contributed by atoms with van der Waals surface area (Å²) in [6.07, 6.45) is 0. The Morgan fingerprint density at radius 3 is 2.52 bits per heavy atom. The average molecular weight is 437 g/mol. The van der Waals surface area contributed by atoms with Gasteiger partial charge in [0, 0.05) is 18.3 Å². The third-order valence-electron chi connectivity index (χ3n) is 5.99. The van der Waals surface area contributed by atoms with Gasteiger partial charge in [-0.05, 0) is 42.3 Å². The number of rotatable bonds is 4. The molecule has 0 fully saturated rings. The summed E-state index contributed by atoms with van der Waals surface area (Å²) in [5, 5.41) is 21.2. The fraction of sp³-hybridized carbons (Fsp3) is 0.148. The molecule has 0 aliphatic heterocycles. The second-order valence-electron chi connectivity index (χ2n) is 8.26. The molecule has 1 unspecified atom stereocenters. The van der Waals surface area contributed by atoms with Gasteiger partial charge in [-0.1, -0.05) is 60.7 Å². The predicted molar refractivity (Wildman–Crippen MR) is 129 cm³/mol. The molecule has 0 saturated heterocycles. The number of hydrogen-bond acceptors (Lipinski definition) is 4. The average Bonchev–Trinajstić information content (AvgIpc) is 3.10. The molecule has 1 amide bonds. The Morgan fingerprint density at radius 2 is 1.73 bits per heavy atom. The van der Waals surface area contributed by atoms with Crippen molar-refractivity contribution in [3.05, 3.63) is 101 Å². The smallest absolute Gasteiger partial charge is 0.252 e. The van der Waals surface area contributed by atoms with Crippen molar-refractivity contribution >= 4 is 27.7 Å². The number of aromatic nitrogens is 3. The largest absolute Gasteiger partial charge is 0.508 e. The molecule has 2 heterocycles. The molecule has 33 heavy (non-hydrogen) atoms. The molecule has 2 N–H and O–H groups in total. The van der Waals surface area contributed by atoms with Gasteiger partial charge >= 0.3 is 0 Å². The van der Waals surface area contributed by atoms with Crippen LogP contribution in [0.15, 0.2) is 72.8 Å². The highest BCUT2D eigenvalue weighted by molar-refractivity contribution is 6.07. The molecule has 0 aliphatic rings. The van der Waals surface area contributed by atoms with E-state index in [1.165, 1.54) is 0 Å². The lowest BCUT2D eigenvalue weighted by atomic mass is 9.92. The Bertz CT molecular complexity index is 1510. The third kappa shape index (κ3) is 3.59. The lowest BCUT2D eigenvalue weighted by molar-refractivity contribution is 0.0944. The van der Waals surface area contributed by atoms with Crippen LogP contribution in [0.2, 0.25) is 0 Å². The number of phenols is 1. The van der Waals surface area contributed by atoms with Gasteiger partial charge in [0.05, 0.1) is 22.7 Å². The molecule has 5 rings (SSSR count). The van der Waals surface area contributed by atoms with E-state index in [2.05, 4.69) is 15.4 Å². The van der Waals surface area contributed by atoms with Crippen molar-refractivity contribution in [1.29, 1.82) is 0 Å². The van der Waals surface area contributed by atoms with E-state index in [-0.39, 0.29) is 11.7 Å². The van der Waals surface area contributed by atoms with Gasteiger partial charge in [-0.3, -0.25) is 9.48 Å². The van der Waals surface area contributed by atoms with E-state index in [1.807, 2.05) is 81.6 Å². The van der Waals surface area contributed by atoms with Gasteiger partial charge in [0.15, 0.2) is 5.65 Å². The number of carbonyl (C=O) groups excluding carboxylic acids is 1. The molecule has 0 radical (unpaired) electrons. The van der Waals surface area contributed by atoms with E-state index in [4.69, 9.17) is 0 Å². The maximum absolute atomic E-state index is 13.7. The van der Waals surface area contributed by atoms with E-state index in [1.54, 1.807) is 16.8 Å². The molecule has 2 aromatic heterocycles. The maximum Gasteiger partial charge on any atom is 0.252 e. The topological polar surface area (TPSA) is 80.0 Å². The molecule has 6 nitrogen and oxygen atoms in total. The van der Waals surface area contributed by atoms with Crippen molar-refractivity contribution in [2.75, 3.05) is 0 Å². The Morgan fingerprint density at radius 1 is 1.00 bits per heavy atom. The lowest BCUT2D eigenvalue weighted by Gasteiger charge is -2.23. The van der Waals surface area contributed by atoms with Crippen molar-refractivity contribution in [1.82, 2.24) is 20.1 Å². The molecular formula is C27H24N4O2. The third-order valence-corrected chi connectivity index (χ3v) is 5.99. The van der Waals surface area contributed by atoms with Crippen LogP contribution in [0, 0.1) is 13.8 Å². The Hall–Kier alpha value is -4.19. The molecule has 3 aromatic carbocycles. The van der Waals surface area contributed by atoms with Crippen molar-refractivity contribution in [2.24, 2.45) is 7.05 Å². The van der Waals surface area contributed by atoms with Crippen LogP contribution in [0.3, 0.4) is 0 Å². The van der Waals surface area contributed by atoms with Gasteiger partial charge in [0.1, 0.15) is 5.75 Å². The number of phenolic OH excluding ortho intramolecular Hbond substituents is 1. The molecule has 1 atom stereocenters. The molecule has 6 heteroatoms. The van der Waals surface area contributed by atoms with Gasteiger partial charge in [-0.15, -0.1) is 0 Å². The van der Waals surface area contributed by atoms with E-state index in [9.17, 15) is 9.90 Å². The number of nitrogens with one attached hydrogen (secondary N) is 1. The number of carbonyl (C=O) groups is 1. The highest BCUT2D eigenvalue weighted by Crippen LogP contribution is 2.36. The lowest BCUT2D eigenvalue weighted by Crippen LogP contribution is -2.30. The first kappa shape index (κ1) is 20.7. The van der Waals surface area contributed by atoms with Crippen LogP contribution in [0.5, 0.6) is 5.75 Å². The minimum absolute atomic E-state index is 0.136. The maximum atomic E-state index is 13.7. The van der Waals surface area contributed by atoms with Gasteiger partial charge in [0.2, 0.25) is 0 Å². The van der Waals surface area contributed by atoms with E-state index < -0.39 is 6.04 Å². The van der Waals surface area contributed by atoms with Crippen LogP contribution < -0.4 is 5.32 Å². The minimum Gasteiger partial charge on any atom is -0.508 e. The summed E-state index contributed by atoms with van der Waals surface area (Å²) >= 11 is 0. The van der Waals surface area contributed by atoms with Crippen LogP contribution in [0.1, 0.15) is 38.9 Å². The second-order valence-corrected chi connectivity index (χ2v) is 8.26. The summed E-state index contributed by atoms with van der Waals surface area (Å²) < 4.78 is 1.69. The highest BCUT2D eigenvalue weighted by Gasteiger charge is 2.25. The normalized spacial score (nSPS) is 12.2. The number of aromatic hydroxyl groups is 1. The standard InChI is InChI=1S/C27H24N4O2/c1-16-15-21(23-17(2)30-31(3)26(23)28-16)27(33)29-25(19-10-5-4-6-11-19)24-20-12-8-7-9-18(20)13-14-22(24)32/h4-15,25,32H,1-3H3,(H,29,33). The van der Waals surface area contributed by atoms with Gasteiger partial charge in [0.25, 0.3) is 5.91 Å². The number of pyridine rings is 1. The van der Waals surface area contributed by atoms with Crippen molar-refractivity contribution in [3.63, 3.8) is 0 Å². The summed E-state index contributed by atoms with van der Waals surface area (Å²) in [6, 6.07) is 22.3. The van der Waals surface area contributed by atoms with Gasteiger partial charge in [-0.25, -0.2) is 4.98 Å². The molecule has 5 aromatic rings. The first-order valence-electron chi connectivity index (χ1n) is 10.8. The number of nitrogens with zero attached hydrogens (tertiary/aromatic N) is 3. The Kier molecular flexibility index (Phi) is 5.05. The molecule has 0 saturated carbocycles. The van der Waals surface area contributed by atoms with E-state index in [0.29, 0.717) is 16.8 Å². The number of benzene rings is 3. The molecule has 0 spiro atoms. The van der Waals surface area contributed by atoms with Crippen LogP contribution in [-0.4, -0.2) is 25.8 Å². The zero-order chi connectivity index (χ0) is 23.1. The first-order valence-corrected chi connectivity index (χ1v) is 10.8. The zero-order valence-corrected chi connectivity index (χ0v) is 18.7. The summed E-state index contributed by atoms with van der Waals surface area (Å²) in [6.45, 7) is 3.74. The number of fused-ring (bicyclic) bond motifs is 2. The van der Waals surface area contributed by atoms with Gasteiger partial charge in [-0.2, -0.15) is 5.10 Å². The van der Waals surface area contributed by atoms with Crippen LogP contribution in [0.4, 0.5) is 0 Å². The summed E-state index contributed by atoms with van der Waals surface area (Å²) in [7, 11) is 1.82. The minimum atomic E-state index is -0.551. The van der Waals surface area contributed by atoms with Crippen molar-refractivity contribution < 1.29 is 9.90 Å². The van der Waals surface area contributed by atoms with E-state index >= 15 is 0 Å². The van der Waals surface area contributed by atoms with Crippen LogP contribution in [0.25, 0.3) is 21.8 Å². The summed E-state index contributed by atoms with van der Waals surface area (Å²) in [5.41, 5.74) is 4.21. The molecule has 164 valence electrons. The number of aryl methyl sites for hydroxylation is 3. The fourth-order valence-electron chi connectivity index (χ4n) is 4.51. The molecule has 0 bridgehead atoms.